The van der Waals surface area contributed by atoms with E-state index < -0.39 is 0 Å². The monoisotopic (exact) mass is 230 g/mol. The summed E-state index contributed by atoms with van der Waals surface area (Å²) in [6, 6.07) is 7.34. The summed E-state index contributed by atoms with van der Waals surface area (Å²) in [6.07, 6.45) is 3.36. The molecule has 0 atom stereocenters. The lowest BCUT2D eigenvalue weighted by atomic mass is 10.2. The first kappa shape index (κ1) is 11.2. The minimum absolute atomic E-state index is 0.591. The van der Waals surface area contributed by atoms with Crippen LogP contribution in [0.25, 0.3) is 0 Å². The van der Waals surface area contributed by atoms with Crippen LogP contribution in [0.15, 0.2) is 36.7 Å². The number of nitrogens with two attached hydrogens (primary N) is 1. The van der Waals surface area contributed by atoms with Crippen molar-refractivity contribution in [2.45, 2.75) is 6.54 Å². The average Bonchev–Trinajstić information content (AvgIpc) is 2.37. The summed E-state index contributed by atoms with van der Waals surface area (Å²) in [4.78, 5) is 8.28. The zero-order chi connectivity index (χ0) is 12.1. The molecule has 0 saturated heterocycles. The highest BCUT2D eigenvalue weighted by Crippen LogP contribution is 2.15. The van der Waals surface area contributed by atoms with E-state index in [0.717, 1.165) is 11.4 Å². The summed E-state index contributed by atoms with van der Waals surface area (Å²) in [5.41, 5.74) is 7.32. The fourth-order valence-electron chi connectivity index (χ4n) is 1.47. The van der Waals surface area contributed by atoms with Gasteiger partial charge in [0.1, 0.15) is 5.82 Å². The number of hydrogen-bond donors (Lipinski definition) is 2. The maximum atomic E-state index is 5.67. The van der Waals surface area contributed by atoms with Crippen LogP contribution in [0.2, 0.25) is 0 Å². The molecular weight excluding hydrogens is 216 g/mol. The second-order valence-corrected chi connectivity index (χ2v) is 3.50. The van der Waals surface area contributed by atoms with Gasteiger partial charge in [0.15, 0.2) is 0 Å². The maximum Gasteiger partial charge on any atom is 0.218 e. The predicted octanol–water partition coefficient (Wildman–Crippen LogP) is 1.68. The molecule has 0 unspecified atom stereocenters. The second-order valence-electron chi connectivity index (χ2n) is 3.50. The minimum Gasteiger partial charge on any atom is -0.481 e. The standard InChI is InChI=1S/C12H14N4O/c1-17-12-9(3-2-5-15-12)8-16-11-7-10(13)4-6-14-11/h2-7H,8H2,1H3,(H3,13,14,16). The van der Waals surface area contributed by atoms with Crippen molar-refractivity contribution in [2.75, 3.05) is 18.2 Å². The Kier molecular flexibility index (Phi) is 3.40. The Balaban J connectivity index is 2.07. The predicted molar refractivity (Wildman–Crippen MR) is 66.8 cm³/mol. The van der Waals surface area contributed by atoms with E-state index in [1.165, 1.54) is 0 Å². The van der Waals surface area contributed by atoms with E-state index in [4.69, 9.17) is 10.5 Å². The zero-order valence-electron chi connectivity index (χ0n) is 9.55. The van der Waals surface area contributed by atoms with E-state index in [0.29, 0.717) is 18.1 Å². The van der Waals surface area contributed by atoms with Gasteiger partial charge in [-0.3, -0.25) is 0 Å². The van der Waals surface area contributed by atoms with Crippen LogP contribution in [0.1, 0.15) is 5.56 Å². The molecule has 17 heavy (non-hydrogen) atoms. The molecule has 2 rings (SSSR count). The number of nitrogens with zero attached hydrogens (tertiary/aromatic N) is 2. The average molecular weight is 230 g/mol. The van der Waals surface area contributed by atoms with Gasteiger partial charge < -0.3 is 15.8 Å². The topological polar surface area (TPSA) is 73.1 Å². The SMILES string of the molecule is COc1ncccc1CNc1cc(N)ccn1. The number of rotatable bonds is 4. The number of hydrogen-bond acceptors (Lipinski definition) is 5. The van der Waals surface area contributed by atoms with Gasteiger partial charge in [-0.15, -0.1) is 0 Å². The number of methoxy groups -OCH3 is 1. The van der Waals surface area contributed by atoms with Gasteiger partial charge in [-0.25, -0.2) is 9.97 Å². The quantitative estimate of drug-likeness (QED) is 0.836. The van der Waals surface area contributed by atoms with Gasteiger partial charge in [0.2, 0.25) is 5.88 Å². The fourth-order valence-corrected chi connectivity index (χ4v) is 1.47. The fraction of sp³-hybridized carbons (Fsp3) is 0.167. The largest absolute Gasteiger partial charge is 0.481 e. The summed E-state index contributed by atoms with van der Waals surface area (Å²) < 4.78 is 5.16. The van der Waals surface area contributed by atoms with Gasteiger partial charge in [0.25, 0.3) is 0 Å². The van der Waals surface area contributed by atoms with Crippen molar-refractivity contribution in [3.63, 3.8) is 0 Å². The molecule has 0 saturated carbocycles. The van der Waals surface area contributed by atoms with E-state index in [2.05, 4.69) is 15.3 Å². The lowest BCUT2D eigenvalue weighted by Crippen LogP contribution is -2.04. The highest BCUT2D eigenvalue weighted by atomic mass is 16.5. The number of anilines is 2. The molecule has 5 nitrogen and oxygen atoms in total. The van der Waals surface area contributed by atoms with Crippen LogP contribution in [0.3, 0.4) is 0 Å². The Morgan fingerprint density at radius 3 is 2.94 bits per heavy atom. The van der Waals surface area contributed by atoms with Crippen molar-refractivity contribution in [1.29, 1.82) is 0 Å². The number of nitrogens with one attached hydrogen (secondary N) is 1. The molecule has 0 bridgehead atoms. The van der Waals surface area contributed by atoms with Crippen LogP contribution in [-0.2, 0) is 6.54 Å². The molecule has 88 valence electrons. The highest BCUT2D eigenvalue weighted by molar-refractivity contribution is 5.48. The molecule has 2 aromatic heterocycles. The summed E-state index contributed by atoms with van der Waals surface area (Å²) in [5, 5.41) is 3.17. The van der Waals surface area contributed by atoms with E-state index in [-0.39, 0.29) is 0 Å². The van der Waals surface area contributed by atoms with Crippen LogP contribution >= 0.6 is 0 Å². The van der Waals surface area contributed by atoms with Crippen molar-refractivity contribution >= 4 is 11.5 Å². The van der Waals surface area contributed by atoms with E-state index in [1.54, 1.807) is 31.6 Å². The molecule has 0 spiro atoms. The normalized spacial score (nSPS) is 9.94. The van der Waals surface area contributed by atoms with Gasteiger partial charge in [-0.1, -0.05) is 6.07 Å². The third kappa shape index (κ3) is 2.84. The second kappa shape index (κ2) is 5.16. The molecule has 0 radical (unpaired) electrons. The summed E-state index contributed by atoms with van der Waals surface area (Å²) in [7, 11) is 1.60. The summed E-state index contributed by atoms with van der Waals surface area (Å²) in [6.45, 7) is 0.591. The minimum atomic E-state index is 0.591. The number of ether oxygens (including phenoxy) is 1. The summed E-state index contributed by atoms with van der Waals surface area (Å²) in [5.74, 6) is 1.35. The van der Waals surface area contributed by atoms with Crippen molar-refractivity contribution < 1.29 is 4.74 Å². The van der Waals surface area contributed by atoms with Gasteiger partial charge in [0.05, 0.1) is 7.11 Å². The van der Waals surface area contributed by atoms with Crippen LogP contribution in [0.4, 0.5) is 11.5 Å². The number of pyridine rings is 2. The molecule has 5 heteroatoms. The Hall–Kier alpha value is -2.30. The van der Waals surface area contributed by atoms with Crippen LogP contribution < -0.4 is 15.8 Å². The van der Waals surface area contributed by atoms with E-state index in [1.807, 2.05) is 12.1 Å². The smallest absolute Gasteiger partial charge is 0.218 e. The van der Waals surface area contributed by atoms with Gasteiger partial charge in [0, 0.05) is 36.3 Å². The highest BCUT2D eigenvalue weighted by Gasteiger charge is 2.03. The number of aromatic nitrogens is 2. The Bertz CT molecular complexity index is 501. The van der Waals surface area contributed by atoms with Crippen molar-refractivity contribution in [3.05, 3.63) is 42.2 Å². The molecule has 2 aromatic rings. The Morgan fingerprint density at radius 2 is 2.18 bits per heavy atom. The molecular formula is C12H14N4O. The Morgan fingerprint density at radius 1 is 1.29 bits per heavy atom. The van der Waals surface area contributed by atoms with Crippen molar-refractivity contribution in [1.82, 2.24) is 9.97 Å². The van der Waals surface area contributed by atoms with Gasteiger partial charge >= 0.3 is 0 Å². The molecule has 0 amide bonds. The lowest BCUT2D eigenvalue weighted by molar-refractivity contribution is 0.393. The third-order valence-corrected chi connectivity index (χ3v) is 2.29. The molecule has 2 heterocycles. The zero-order valence-corrected chi connectivity index (χ0v) is 9.55. The van der Waals surface area contributed by atoms with E-state index in [9.17, 15) is 0 Å². The molecule has 0 aliphatic rings. The molecule has 3 N–H and O–H groups in total. The van der Waals surface area contributed by atoms with E-state index >= 15 is 0 Å². The molecule has 0 fully saturated rings. The van der Waals surface area contributed by atoms with Crippen molar-refractivity contribution in [2.24, 2.45) is 0 Å². The van der Waals surface area contributed by atoms with Gasteiger partial charge in [-0.2, -0.15) is 0 Å². The van der Waals surface area contributed by atoms with Crippen LogP contribution in [-0.4, -0.2) is 17.1 Å². The third-order valence-electron chi connectivity index (χ3n) is 2.29. The molecule has 0 aliphatic carbocycles. The molecule has 0 aromatic carbocycles. The first-order chi connectivity index (χ1) is 8.29. The van der Waals surface area contributed by atoms with Crippen LogP contribution in [0.5, 0.6) is 5.88 Å². The molecule has 0 aliphatic heterocycles. The van der Waals surface area contributed by atoms with Gasteiger partial charge in [-0.05, 0) is 12.1 Å². The van der Waals surface area contributed by atoms with Crippen molar-refractivity contribution in [3.8, 4) is 5.88 Å². The maximum absolute atomic E-state index is 5.67. The van der Waals surface area contributed by atoms with Crippen LogP contribution in [0, 0.1) is 0 Å². The Labute approximate surface area is 99.7 Å². The lowest BCUT2D eigenvalue weighted by Gasteiger charge is -2.08. The summed E-state index contributed by atoms with van der Waals surface area (Å²) >= 11 is 0. The first-order valence-corrected chi connectivity index (χ1v) is 5.23. The number of nitrogen functional groups attached to an aromatic ring is 1. The first-order valence-electron chi connectivity index (χ1n) is 5.23.